The Bertz CT molecular complexity index is 1070. The predicted octanol–water partition coefficient (Wildman–Crippen LogP) is 5.04. The second kappa shape index (κ2) is 7.75. The smallest absolute Gasteiger partial charge is 0.257 e. The van der Waals surface area contributed by atoms with Crippen LogP contribution < -0.4 is 10.6 Å². The van der Waals surface area contributed by atoms with Crippen molar-refractivity contribution < 1.29 is 9.21 Å². The number of nitrogens with one attached hydrogen (secondary N) is 2. The molecule has 4 rings (SSSR count). The molecule has 6 nitrogen and oxygen atoms in total. The van der Waals surface area contributed by atoms with E-state index in [2.05, 4.69) is 20.8 Å². The van der Waals surface area contributed by atoms with Gasteiger partial charge in [0.1, 0.15) is 0 Å². The highest BCUT2D eigenvalue weighted by Gasteiger charge is 2.12. The van der Waals surface area contributed by atoms with Crippen LogP contribution in [0, 0.1) is 6.92 Å². The summed E-state index contributed by atoms with van der Waals surface area (Å²) in [5, 5.41) is 13.8. The SMILES string of the molecule is Cc1ccc(Nc2ccccc2C(=O)Nc2ccc(-c3nnco3)cc2)cc1. The first-order chi connectivity index (χ1) is 13.7. The molecule has 0 saturated heterocycles. The van der Waals surface area contributed by atoms with Crippen LogP contribution in [0.15, 0.2) is 83.6 Å². The topological polar surface area (TPSA) is 80.0 Å². The minimum atomic E-state index is -0.194. The van der Waals surface area contributed by atoms with Gasteiger partial charge in [-0.05, 0) is 55.5 Å². The van der Waals surface area contributed by atoms with Gasteiger partial charge in [-0.3, -0.25) is 4.79 Å². The average Bonchev–Trinajstić information content (AvgIpc) is 3.25. The zero-order valence-corrected chi connectivity index (χ0v) is 15.2. The Morgan fingerprint density at radius 2 is 1.61 bits per heavy atom. The van der Waals surface area contributed by atoms with Crippen LogP contribution in [0.3, 0.4) is 0 Å². The second-order valence-corrected chi connectivity index (χ2v) is 6.31. The minimum Gasteiger partial charge on any atom is -0.423 e. The van der Waals surface area contributed by atoms with Crippen molar-refractivity contribution in [2.45, 2.75) is 6.92 Å². The molecule has 3 aromatic carbocycles. The molecule has 0 spiro atoms. The maximum absolute atomic E-state index is 12.8. The van der Waals surface area contributed by atoms with Crippen molar-refractivity contribution in [3.8, 4) is 11.5 Å². The Hall–Kier alpha value is -3.93. The van der Waals surface area contributed by atoms with Crippen molar-refractivity contribution in [1.82, 2.24) is 10.2 Å². The lowest BCUT2D eigenvalue weighted by Gasteiger charge is -2.12. The number of nitrogens with zero attached hydrogens (tertiary/aromatic N) is 2. The molecule has 4 aromatic rings. The molecule has 0 unspecified atom stereocenters. The van der Waals surface area contributed by atoms with Crippen LogP contribution in [0.4, 0.5) is 17.1 Å². The lowest BCUT2D eigenvalue weighted by atomic mass is 10.1. The number of anilines is 3. The first-order valence-electron chi connectivity index (χ1n) is 8.80. The van der Waals surface area contributed by atoms with Crippen LogP contribution >= 0.6 is 0 Å². The van der Waals surface area contributed by atoms with Gasteiger partial charge in [0.15, 0.2) is 0 Å². The second-order valence-electron chi connectivity index (χ2n) is 6.31. The third-order valence-corrected chi connectivity index (χ3v) is 4.25. The molecule has 0 aliphatic heterocycles. The lowest BCUT2D eigenvalue weighted by Crippen LogP contribution is -2.13. The van der Waals surface area contributed by atoms with E-state index in [0.29, 0.717) is 17.1 Å². The molecular weight excluding hydrogens is 352 g/mol. The summed E-state index contributed by atoms with van der Waals surface area (Å²) >= 11 is 0. The number of aromatic nitrogens is 2. The van der Waals surface area contributed by atoms with Crippen molar-refractivity contribution in [2.75, 3.05) is 10.6 Å². The highest BCUT2D eigenvalue weighted by Crippen LogP contribution is 2.23. The lowest BCUT2D eigenvalue weighted by molar-refractivity contribution is 0.102. The summed E-state index contributed by atoms with van der Waals surface area (Å²) in [6, 6.07) is 22.7. The first-order valence-corrected chi connectivity index (χ1v) is 8.80. The Morgan fingerprint density at radius 1 is 0.893 bits per heavy atom. The molecule has 0 atom stereocenters. The van der Waals surface area contributed by atoms with E-state index in [-0.39, 0.29) is 5.91 Å². The maximum Gasteiger partial charge on any atom is 0.257 e. The summed E-state index contributed by atoms with van der Waals surface area (Å²) in [6.07, 6.45) is 1.28. The van der Waals surface area contributed by atoms with E-state index in [1.807, 2.05) is 61.5 Å². The summed E-state index contributed by atoms with van der Waals surface area (Å²) in [4.78, 5) is 12.8. The van der Waals surface area contributed by atoms with Gasteiger partial charge in [-0.15, -0.1) is 10.2 Å². The van der Waals surface area contributed by atoms with Gasteiger partial charge in [0.05, 0.1) is 11.3 Å². The van der Waals surface area contributed by atoms with Gasteiger partial charge < -0.3 is 15.1 Å². The number of aryl methyl sites for hydroxylation is 1. The molecule has 0 aliphatic carbocycles. The number of rotatable bonds is 5. The minimum absolute atomic E-state index is 0.194. The number of benzene rings is 3. The van der Waals surface area contributed by atoms with E-state index in [0.717, 1.165) is 16.9 Å². The van der Waals surface area contributed by atoms with Crippen LogP contribution in [0.25, 0.3) is 11.5 Å². The van der Waals surface area contributed by atoms with Gasteiger partial charge >= 0.3 is 0 Å². The molecule has 0 aliphatic rings. The molecular formula is C22H18N4O2. The molecule has 6 heteroatoms. The Labute approximate surface area is 162 Å². The van der Waals surface area contributed by atoms with Crippen molar-refractivity contribution in [3.05, 3.63) is 90.3 Å². The molecule has 1 aromatic heterocycles. The van der Waals surface area contributed by atoms with Crippen molar-refractivity contribution >= 4 is 23.0 Å². The van der Waals surface area contributed by atoms with Crippen molar-refractivity contribution in [3.63, 3.8) is 0 Å². The third kappa shape index (κ3) is 3.91. The number of carbonyl (C=O) groups is 1. The largest absolute Gasteiger partial charge is 0.423 e. The quantitative estimate of drug-likeness (QED) is 0.514. The molecule has 138 valence electrons. The Morgan fingerprint density at radius 3 is 2.32 bits per heavy atom. The molecule has 0 radical (unpaired) electrons. The highest BCUT2D eigenvalue weighted by molar-refractivity contribution is 6.08. The van der Waals surface area contributed by atoms with Crippen LogP contribution in [0.5, 0.6) is 0 Å². The standard InChI is InChI=1S/C22H18N4O2/c1-15-6-10-17(11-7-15)24-20-5-3-2-4-19(20)21(27)25-18-12-8-16(9-13-18)22-26-23-14-28-22/h2-14,24H,1H3,(H,25,27). The highest BCUT2D eigenvalue weighted by atomic mass is 16.4. The van der Waals surface area contributed by atoms with E-state index in [1.165, 1.54) is 12.0 Å². The average molecular weight is 370 g/mol. The van der Waals surface area contributed by atoms with Crippen LogP contribution in [-0.4, -0.2) is 16.1 Å². The van der Waals surface area contributed by atoms with Crippen molar-refractivity contribution in [2.24, 2.45) is 0 Å². The van der Waals surface area contributed by atoms with Gasteiger partial charge in [-0.25, -0.2) is 0 Å². The monoisotopic (exact) mass is 370 g/mol. The summed E-state index contributed by atoms with van der Waals surface area (Å²) < 4.78 is 5.17. The molecule has 0 saturated carbocycles. The van der Waals surface area contributed by atoms with E-state index in [4.69, 9.17) is 4.42 Å². The van der Waals surface area contributed by atoms with E-state index >= 15 is 0 Å². The predicted molar refractivity (Wildman–Crippen MR) is 109 cm³/mol. The summed E-state index contributed by atoms with van der Waals surface area (Å²) in [7, 11) is 0. The van der Waals surface area contributed by atoms with Gasteiger partial charge in [0.25, 0.3) is 5.91 Å². The Balaban J connectivity index is 1.51. The third-order valence-electron chi connectivity index (χ3n) is 4.25. The van der Waals surface area contributed by atoms with E-state index < -0.39 is 0 Å². The fraction of sp³-hybridized carbons (Fsp3) is 0.0455. The molecule has 0 bridgehead atoms. The van der Waals surface area contributed by atoms with Gasteiger partial charge in [0, 0.05) is 16.9 Å². The number of para-hydroxylation sites is 1. The molecule has 1 amide bonds. The maximum atomic E-state index is 12.8. The van der Waals surface area contributed by atoms with Crippen LogP contribution in [0.2, 0.25) is 0 Å². The fourth-order valence-corrected chi connectivity index (χ4v) is 2.78. The molecule has 0 fully saturated rings. The fourth-order valence-electron chi connectivity index (χ4n) is 2.78. The number of amides is 1. The van der Waals surface area contributed by atoms with E-state index in [9.17, 15) is 4.79 Å². The van der Waals surface area contributed by atoms with Gasteiger partial charge in [0.2, 0.25) is 12.3 Å². The number of carbonyl (C=O) groups excluding carboxylic acids is 1. The van der Waals surface area contributed by atoms with Gasteiger partial charge in [-0.1, -0.05) is 29.8 Å². The number of hydrogen-bond acceptors (Lipinski definition) is 5. The van der Waals surface area contributed by atoms with Crippen molar-refractivity contribution in [1.29, 1.82) is 0 Å². The zero-order chi connectivity index (χ0) is 19.3. The summed E-state index contributed by atoms with van der Waals surface area (Å²) in [5.41, 5.74) is 4.88. The van der Waals surface area contributed by atoms with Crippen LogP contribution in [0.1, 0.15) is 15.9 Å². The van der Waals surface area contributed by atoms with Gasteiger partial charge in [-0.2, -0.15) is 0 Å². The summed E-state index contributed by atoms with van der Waals surface area (Å²) in [5.74, 6) is 0.242. The first kappa shape index (κ1) is 17.5. The normalized spacial score (nSPS) is 10.5. The molecule has 2 N–H and O–H groups in total. The summed E-state index contributed by atoms with van der Waals surface area (Å²) in [6.45, 7) is 2.04. The molecule has 1 heterocycles. The zero-order valence-electron chi connectivity index (χ0n) is 15.2. The van der Waals surface area contributed by atoms with Crippen LogP contribution in [-0.2, 0) is 0 Å². The Kier molecular flexibility index (Phi) is 4.84. The molecule has 28 heavy (non-hydrogen) atoms. The van der Waals surface area contributed by atoms with E-state index in [1.54, 1.807) is 18.2 Å². The number of hydrogen-bond donors (Lipinski definition) is 2.